The smallest absolute Gasteiger partial charge is 0.0320 e. The standard InChI is InChI=1S/C14H19N/c1-15-13-9-8-11-5-2-4-10-6-3-7-12(13)14(10)11/h3,6-7,11,13,15H,2,4-5,8-9H2,1H3. The summed E-state index contributed by atoms with van der Waals surface area (Å²) in [7, 11) is 2.09. The monoisotopic (exact) mass is 201 g/mol. The summed E-state index contributed by atoms with van der Waals surface area (Å²) in [5, 5.41) is 3.46. The van der Waals surface area contributed by atoms with Gasteiger partial charge in [0.2, 0.25) is 0 Å². The second kappa shape index (κ2) is 3.64. The zero-order valence-corrected chi connectivity index (χ0v) is 9.42. The predicted molar refractivity (Wildman–Crippen MR) is 63.2 cm³/mol. The molecule has 3 rings (SSSR count). The number of nitrogens with one attached hydrogen (secondary N) is 1. The lowest BCUT2D eigenvalue weighted by atomic mass is 9.72. The van der Waals surface area contributed by atoms with Crippen LogP contribution < -0.4 is 5.32 Å². The number of rotatable bonds is 1. The molecule has 0 fully saturated rings. The second-order valence-electron chi connectivity index (χ2n) is 4.93. The Morgan fingerprint density at radius 1 is 1.20 bits per heavy atom. The van der Waals surface area contributed by atoms with E-state index in [1.807, 2.05) is 0 Å². The number of benzene rings is 1. The number of hydrogen-bond donors (Lipinski definition) is 1. The van der Waals surface area contributed by atoms with Crippen molar-refractivity contribution in [1.82, 2.24) is 5.32 Å². The van der Waals surface area contributed by atoms with E-state index in [0.29, 0.717) is 6.04 Å². The maximum atomic E-state index is 3.46. The first-order valence-corrected chi connectivity index (χ1v) is 6.19. The van der Waals surface area contributed by atoms with E-state index in [1.165, 1.54) is 32.1 Å². The van der Waals surface area contributed by atoms with Crippen LogP contribution in [0.4, 0.5) is 0 Å². The van der Waals surface area contributed by atoms with E-state index in [2.05, 4.69) is 30.6 Å². The lowest BCUT2D eigenvalue weighted by Gasteiger charge is -2.36. The van der Waals surface area contributed by atoms with Gasteiger partial charge in [-0.3, -0.25) is 0 Å². The quantitative estimate of drug-likeness (QED) is 0.736. The Hall–Kier alpha value is -0.820. The third kappa shape index (κ3) is 1.41. The third-order valence-corrected chi connectivity index (χ3v) is 4.16. The van der Waals surface area contributed by atoms with Gasteiger partial charge in [0.1, 0.15) is 0 Å². The van der Waals surface area contributed by atoms with Crippen LogP contribution in [0.3, 0.4) is 0 Å². The van der Waals surface area contributed by atoms with Gasteiger partial charge in [-0.15, -0.1) is 0 Å². The molecule has 2 aliphatic rings. The van der Waals surface area contributed by atoms with E-state index in [1.54, 1.807) is 16.7 Å². The molecule has 0 aliphatic heterocycles. The highest BCUT2D eigenvalue weighted by molar-refractivity contribution is 5.43. The van der Waals surface area contributed by atoms with E-state index < -0.39 is 0 Å². The fourth-order valence-electron chi connectivity index (χ4n) is 3.45. The summed E-state index contributed by atoms with van der Waals surface area (Å²) in [6.07, 6.45) is 6.81. The van der Waals surface area contributed by atoms with Crippen molar-refractivity contribution in [2.45, 2.75) is 44.1 Å². The van der Waals surface area contributed by atoms with Gasteiger partial charge in [0.15, 0.2) is 0 Å². The Morgan fingerprint density at radius 3 is 3.00 bits per heavy atom. The topological polar surface area (TPSA) is 12.0 Å². The van der Waals surface area contributed by atoms with Crippen molar-refractivity contribution in [3.05, 3.63) is 34.9 Å². The fraction of sp³-hybridized carbons (Fsp3) is 0.571. The van der Waals surface area contributed by atoms with E-state index in [0.717, 1.165) is 5.92 Å². The molecule has 0 heterocycles. The van der Waals surface area contributed by atoms with Crippen LogP contribution in [0.5, 0.6) is 0 Å². The molecule has 1 aromatic carbocycles. The first-order valence-electron chi connectivity index (χ1n) is 6.19. The van der Waals surface area contributed by atoms with Crippen molar-refractivity contribution in [3.63, 3.8) is 0 Å². The number of hydrogen-bond acceptors (Lipinski definition) is 1. The summed E-state index contributed by atoms with van der Waals surface area (Å²) in [4.78, 5) is 0. The highest BCUT2D eigenvalue weighted by atomic mass is 14.9. The van der Waals surface area contributed by atoms with Gasteiger partial charge >= 0.3 is 0 Å². The summed E-state index contributed by atoms with van der Waals surface area (Å²) < 4.78 is 0. The van der Waals surface area contributed by atoms with Gasteiger partial charge in [-0.25, -0.2) is 0 Å². The van der Waals surface area contributed by atoms with Gasteiger partial charge in [-0.1, -0.05) is 18.2 Å². The second-order valence-corrected chi connectivity index (χ2v) is 4.93. The Kier molecular flexibility index (Phi) is 2.28. The molecule has 0 saturated heterocycles. The van der Waals surface area contributed by atoms with Crippen molar-refractivity contribution >= 4 is 0 Å². The molecule has 2 aliphatic carbocycles. The minimum absolute atomic E-state index is 0.606. The predicted octanol–water partition coefficient (Wildman–Crippen LogP) is 3.16. The van der Waals surface area contributed by atoms with Gasteiger partial charge < -0.3 is 5.32 Å². The van der Waals surface area contributed by atoms with Gasteiger partial charge in [0, 0.05) is 6.04 Å². The molecule has 0 saturated carbocycles. The molecule has 1 aromatic rings. The maximum Gasteiger partial charge on any atom is 0.0320 e. The molecule has 15 heavy (non-hydrogen) atoms. The molecule has 0 bridgehead atoms. The minimum atomic E-state index is 0.606. The largest absolute Gasteiger partial charge is 0.313 e. The summed E-state index contributed by atoms with van der Waals surface area (Å²) in [6.45, 7) is 0. The van der Waals surface area contributed by atoms with Crippen LogP contribution in [-0.2, 0) is 6.42 Å². The lowest BCUT2D eigenvalue weighted by Crippen LogP contribution is -2.26. The summed E-state index contributed by atoms with van der Waals surface area (Å²) in [5.41, 5.74) is 4.92. The Balaban J connectivity index is 2.13. The highest BCUT2D eigenvalue weighted by Crippen LogP contribution is 2.44. The molecule has 1 nitrogen and oxygen atoms in total. The van der Waals surface area contributed by atoms with Crippen LogP contribution in [0, 0.1) is 0 Å². The zero-order chi connectivity index (χ0) is 10.3. The first-order chi connectivity index (χ1) is 7.40. The van der Waals surface area contributed by atoms with Crippen molar-refractivity contribution in [2.75, 3.05) is 7.05 Å². The Morgan fingerprint density at radius 2 is 2.13 bits per heavy atom. The molecule has 0 aromatic heterocycles. The van der Waals surface area contributed by atoms with Gasteiger partial charge in [-0.05, 0) is 61.8 Å². The average molecular weight is 201 g/mol. The van der Waals surface area contributed by atoms with Crippen LogP contribution in [0.15, 0.2) is 18.2 Å². The first kappa shape index (κ1) is 9.41. The Bertz CT molecular complexity index is 370. The highest BCUT2D eigenvalue weighted by Gasteiger charge is 2.30. The van der Waals surface area contributed by atoms with E-state index in [9.17, 15) is 0 Å². The van der Waals surface area contributed by atoms with Crippen molar-refractivity contribution in [3.8, 4) is 0 Å². The molecule has 80 valence electrons. The molecular weight excluding hydrogens is 182 g/mol. The van der Waals surface area contributed by atoms with Crippen molar-refractivity contribution < 1.29 is 0 Å². The summed E-state index contributed by atoms with van der Waals surface area (Å²) in [5.74, 6) is 0.870. The summed E-state index contributed by atoms with van der Waals surface area (Å²) in [6, 6.07) is 7.52. The van der Waals surface area contributed by atoms with Gasteiger partial charge in [0.25, 0.3) is 0 Å². The molecule has 2 atom stereocenters. The van der Waals surface area contributed by atoms with Crippen LogP contribution in [0.2, 0.25) is 0 Å². The third-order valence-electron chi connectivity index (χ3n) is 4.16. The molecule has 0 radical (unpaired) electrons. The van der Waals surface area contributed by atoms with E-state index in [4.69, 9.17) is 0 Å². The van der Waals surface area contributed by atoms with Gasteiger partial charge in [0.05, 0.1) is 0 Å². The average Bonchev–Trinajstić information content (AvgIpc) is 2.30. The molecular formula is C14H19N. The van der Waals surface area contributed by atoms with Crippen molar-refractivity contribution in [1.29, 1.82) is 0 Å². The van der Waals surface area contributed by atoms with E-state index in [-0.39, 0.29) is 0 Å². The van der Waals surface area contributed by atoms with Gasteiger partial charge in [-0.2, -0.15) is 0 Å². The van der Waals surface area contributed by atoms with Crippen LogP contribution in [-0.4, -0.2) is 7.05 Å². The molecule has 0 spiro atoms. The molecule has 1 N–H and O–H groups in total. The van der Waals surface area contributed by atoms with Crippen LogP contribution in [0.1, 0.15) is 54.3 Å². The number of aryl methyl sites for hydroxylation is 1. The fourth-order valence-corrected chi connectivity index (χ4v) is 3.45. The lowest BCUT2D eigenvalue weighted by molar-refractivity contribution is 0.409. The summed E-state index contributed by atoms with van der Waals surface area (Å²) >= 11 is 0. The van der Waals surface area contributed by atoms with Crippen LogP contribution in [0.25, 0.3) is 0 Å². The van der Waals surface area contributed by atoms with Crippen LogP contribution >= 0.6 is 0 Å². The van der Waals surface area contributed by atoms with Crippen molar-refractivity contribution in [2.24, 2.45) is 0 Å². The minimum Gasteiger partial charge on any atom is -0.313 e. The Labute approximate surface area is 91.9 Å². The molecule has 0 amide bonds. The maximum absolute atomic E-state index is 3.46. The SMILES string of the molecule is CNC1CCC2CCCc3cccc1c32. The normalized spacial score (nSPS) is 28.6. The molecule has 2 unspecified atom stereocenters. The molecule has 1 heteroatoms. The van der Waals surface area contributed by atoms with E-state index >= 15 is 0 Å². The zero-order valence-electron chi connectivity index (χ0n) is 9.42.